The number of amides is 1. The lowest BCUT2D eigenvalue weighted by Crippen LogP contribution is -2.49. The molecule has 1 aromatic heterocycles. The quantitative estimate of drug-likeness (QED) is 0.708. The second-order valence-corrected chi connectivity index (χ2v) is 3.53. The number of nitrogens with zero attached hydrogens (tertiary/aromatic N) is 2. The molecule has 1 aliphatic heterocycles. The molecule has 1 N–H and O–H groups in total. The molecule has 1 saturated heterocycles. The molecule has 2 heterocycles. The maximum Gasteiger partial charge on any atom is 0.342 e. The van der Waals surface area contributed by atoms with E-state index in [9.17, 15) is 4.79 Å². The largest absolute Gasteiger partial charge is 0.377 e. The van der Waals surface area contributed by atoms with Crippen LogP contribution >= 0.6 is 0 Å². The summed E-state index contributed by atoms with van der Waals surface area (Å²) in [6.07, 6.45) is 1.73. The van der Waals surface area contributed by atoms with Crippen LogP contribution in [0.2, 0.25) is 0 Å². The Kier molecular flexibility index (Phi) is 2.25. The van der Waals surface area contributed by atoms with Crippen molar-refractivity contribution in [1.29, 1.82) is 0 Å². The van der Waals surface area contributed by atoms with Gasteiger partial charge < -0.3 is 10.1 Å². The molecule has 14 heavy (non-hydrogen) atoms. The van der Waals surface area contributed by atoms with E-state index in [4.69, 9.17) is 4.74 Å². The van der Waals surface area contributed by atoms with Gasteiger partial charge in [0.2, 0.25) is 0 Å². The molecule has 0 aliphatic carbocycles. The van der Waals surface area contributed by atoms with Gasteiger partial charge in [0.25, 0.3) is 0 Å². The second-order valence-electron chi connectivity index (χ2n) is 3.53. The number of ether oxygens (including phenoxy) is 1. The van der Waals surface area contributed by atoms with Crippen LogP contribution in [0.4, 0.5) is 4.79 Å². The summed E-state index contributed by atoms with van der Waals surface area (Å²) in [5.41, 5.74) is 1.90. The molecule has 2 rings (SSSR count). The molecule has 0 spiro atoms. The summed E-state index contributed by atoms with van der Waals surface area (Å²) in [5, 5.41) is 6.90. The van der Waals surface area contributed by atoms with Crippen LogP contribution in [-0.4, -0.2) is 35.1 Å². The zero-order valence-electron chi connectivity index (χ0n) is 8.28. The fourth-order valence-electron chi connectivity index (χ4n) is 1.21. The van der Waals surface area contributed by atoms with Crippen LogP contribution in [0.1, 0.15) is 11.3 Å². The lowest BCUT2D eigenvalue weighted by Gasteiger charge is -2.26. The second kappa shape index (κ2) is 3.42. The summed E-state index contributed by atoms with van der Waals surface area (Å²) >= 11 is 0. The average molecular weight is 195 g/mol. The minimum atomic E-state index is -0.186. The van der Waals surface area contributed by atoms with Gasteiger partial charge in [-0.2, -0.15) is 9.78 Å². The molecule has 1 fully saturated rings. The predicted molar refractivity (Wildman–Crippen MR) is 50.2 cm³/mol. The van der Waals surface area contributed by atoms with Gasteiger partial charge in [0.15, 0.2) is 0 Å². The van der Waals surface area contributed by atoms with Crippen LogP contribution in [0.3, 0.4) is 0 Å². The molecule has 0 saturated carbocycles. The first-order valence-electron chi connectivity index (χ1n) is 4.58. The number of carbonyl (C=O) groups excluding carboxylic acids is 1. The topological polar surface area (TPSA) is 56.2 Å². The lowest BCUT2D eigenvalue weighted by molar-refractivity contribution is -0.0000755. The van der Waals surface area contributed by atoms with Gasteiger partial charge in [-0.15, -0.1) is 0 Å². The summed E-state index contributed by atoms with van der Waals surface area (Å²) in [6, 6.07) is -0.0400. The van der Waals surface area contributed by atoms with Gasteiger partial charge >= 0.3 is 6.03 Å². The zero-order chi connectivity index (χ0) is 10.1. The van der Waals surface area contributed by atoms with Crippen molar-refractivity contribution in [3.05, 3.63) is 17.5 Å². The number of hydrogen-bond acceptors (Lipinski definition) is 3. The fraction of sp³-hybridized carbons (Fsp3) is 0.556. The third-order valence-corrected chi connectivity index (χ3v) is 2.32. The third kappa shape index (κ3) is 1.63. The maximum absolute atomic E-state index is 11.5. The van der Waals surface area contributed by atoms with Crippen molar-refractivity contribution < 1.29 is 9.53 Å². The molecule has 5 heteroatoms. The Labute approximate surface area is 82.0 Å². The average Bonchev–Trinajstić information content (AvgIpc) is 2.40. The SMILES string of the molecule is Cc1cn(C(=O)NC2COC2)nc1C. The van der Waals surface area contributed by atoms with E-state index in [1.54, 1.807) is 6.20 Å². The summed E-state index contributed by atoms with van der Waals surface area (Å²) in [4.78, 5) is 11.5. The third-order valence-electron chi connectivity index (χ3n) is 2.32. The Morgan fingerprint density at radius 3 is 2.79 bits per heavy atom. The summed E-state index contributed by atoms with van der Waals surface area (Å²) in [7, 11) is 0. The predicted octanol–water partition coefficient (Wildman–Crippen LogP) is 0.456. The van der Waals surface area contributed by atoms with E-state index in [0.29, 0.717) is 13.2 Å². The first-order chi connectivity index (χ1) is 6.66. The highest BCUT2D eigenvalue weighted by Gasteiger charge is 2.21. The van der Waals surface area contributed by atoms with E-state index >= 15 is 0 Å². The molecule has 5 nitrogen and oxygen atoms in total. The van der Waals surface area contributed by atoms with Gasteiger partial charge in [0.05, 0.1) is 24.9 Å². The van der Waals surface area contributed by atoms with Crippen molar-refractivity contribution in [1.82, 2.24) is 15.1 Å². The molecule has 1 amide bonds. The van der Waals surface area contributed by atoms with Gasteiger partial charge in [0, 0.05) is 6.20 Å². The first-order valence-corrected chi connectivity index (χ1v) is 4.58. The number of aromatic nitrogens is 2. The highest BCUT2D eigenvalue weighted by atomic mass is 16.5. The van der Waals surface area contributed by atoms with Crippen molar-refractivity contribution in [3.8, 4) is 0 Å². The summed E-state index contributed by atoms with van der Waals surface area (Å²) in [5.74, 6) is 0. The standard InChI is InChI=1S/C9H13N3O2/c1-6-3-12(11-7(6)2)9(13)10-8-4-14-5-8/h3,8H,4-5H2,1-2H3,(H,10,13). The normalized spacial score (nSPS) is 16.4. The van der Waals surface area contributed by atoms with Gasteiger partial charge in [-0.1, -0.05) is 0 Å². The van der Waals surface area contributed by atoms with Gasteiger partial charge in [-0.25, -0.2) is 4.79 Å². The van der Waals surface area contributed by atoms with Crippen LogP contribution in [0.15, 0.2) is 6.20 Å². The van der Waals surface area contributed by atoms with E-state index < -0.39 is 0 Å². The summed E-state index contributed by atoms with van der Waals surface area (Å²) in [6.45, 7) is 5.01. The molecule has 76 valence electrons. The van der Waals surface area contributed by atoms with E-state index in [-0.39, 0.29) is 12.1 Å². The van der Waals surface area contributed by atoms with Crippen molar-refractivity contribution >= 4 is 6.03 Å². The minimum absolute atomic E-state index is 0.146. The van der Waals surface area contributed by atoms with Crippen LogP contribution in [0.25, 0.3) is 0 Å². The van der Waals surface area contributed by atoms with Gasteiger partial charge in [0.1, 0.15) is 0 Å². The Bertz CT molecular complexity index is 335. The Hall–Kier alpha value is -1.36. The highest BCUT2D eigenvalue weighted by molar-refractivity contribution is 5.76. The molecule has 1 aliphatic rings. The molecule has 0 atom stereocenters. The number of rotatable bonds is 1. The molecule has 0 radical (unpaired) electrons. The molecular formula is C9H13N3O2. The Morgan fingerprint density at radius 1 is 1.64 bits per heavy atom. The minimum Gasteiger partial charge on any atom is -0.377 e. The Morgan fingerprint density at radius 2 is 2.36 bits per heavy atom. The van der Waals surface area contributed by atoms with E-state index in [2.05, 4.69) is 10.4 Å². The zero-order valence-corrected chi connectivity index (χ0v) is 8.28. The first kappa shape index (κ1) is 9.21. The summed E-state index contributed by atoms with van der Waals surface area (Å²) < 4.78 is 6.29. The molecule has 0 unspecified atom stereocenters. The number of carbonyl (C=O) groups is 1. The molecule has 1 aromatic rings. The fourth-order valence-corrected chi connectivity index (χ4v) is 1.21. The van der Waals surface area contributed by atoms with Crippen LogP contribution in [0.5, 0.6) is 0 Å². The molecule has 0 aromatic carbocycles. The van der Waals surface area contributed by atoms with Crippen molar-refractivity contribution in [2.24, 2.45) is 0 Å². The maximum atomic E-state index is 11.5. The van der Waals surface area contributed by atoms with Crippen molar-refractivity contribution in [3.63, 3.8) is 0 Å². The Balaban J connectivity index is 2.02. The lowest BCUT2D eigenvalue weighted by atomic mass is 10.3. The monoisotopic (exact) mass is 195 g/mol. The molecular weight excluding hydrogens is 182 g/mol. The number of hydrogen-bond donors (Lipinski definition) is 1. The van der Waals surface area contributed by atoms with Gasteiger partial charge in [-0.05, 0) is 19.4 Å². The van der Waals surface area contributed by atoms with E-state index in [1.165, 1.54) is 4.68 Å². The van der Waals surface area contributed by atoms with E-state index in [1.807, 2.05) is 13.8 Å². The number of nitrogens with one attached hydrogen (secondary N) is 1. The van der Waals surface area contributed by atoms with Crippen molar-refractivity contribution in [2.45, 2.75) is 19.9 Å². The van der Waals surface area contributed by atoms with Crippen molar-refractivity contribution in [2.75, 3.05) is 13.2 Å². The van der Waals surface area contributed by atoms with Crippen LogP contribution < -0.4 is 5.32 Å². The van der Waals surface area contributed by atoms with Crippen LogP contribution in [-0.2, 0) is 4.74 Å². The van der Waals surface area contributed by atoms with E-state index in [0.717, 1.165) is 11.3 Å². The highest BCUT2D eigenvalue weighted by Crippen LogP contribution is 2.04. The smallest absolute Gasteiger partial charge is 0.342 e. The van der Waals surface area contributed by atoms with Crippen LogP contribution in [0, 0.1) is 13.8 Å². The molecule has 0 bridgehead atoms. The number of aryl methyl sites for hydroxylation is 2. The van der Waals surface area contributed by atoms with Gasteiger partial charge in [-0.3, -0.25) is 0 Å².